The number of para-hydroxylation sites is 1. The van der Waals surface area contributed by atoms with Crippen LogP contribution < -0.4 is 10.5 Å². The van der Waals surface area contributed by atoms with Crippen LogP contribution in [-0.2, 0) is 16.4 Å². The highest BCUT2D eigenvalue weighted by atomic mass is 32.2. The molecule has 8 heteroatoms. The minimum atomic E-state index is -3.80. The molecular formula is C13H14N4O2S2. The van der Waals surface area contributed by atoms with Gasteiger partial charge in [-0.2, -0.15) is 8.42 Å². The van der Waals surface area contributed by atoms with Gasteiger partial charge in [0.1, 0.15) is 0 Å². The van der Waals surface area contributed by atoms with Gasteiger partial charge in [0.25, 0.3) is 10.0 Å². The molecular weight excluding hydrogens is 308 g/mol. The van der Waals surface area contributed by atoms with Crippen LogP contribution in [0.4, 0.5) is 11.5 Å². The molecule has 0 aliphatic rings. The molecule has 1 aromatic carbocycles. The lowest BCUT2D eigenvalue weighted by molar-refractivity contribution is 0.597. The first-order chi connectivity index (χ1) is 10.0. The zero-order chi connectivity index (χ0) is 15.0. The molecule has 0 bridgehead atoms. The van der Waals surface area contributed by atoms with Crippen molar-refractivity contribution in [3.05, 3.63) is 41.4 Å². The summed E-state index contributed by atoms with van der Waals surface area (Å²) in [5.74, 6) is 0.00308. The van der Waals surface area contributed by atoms with Gasteiger partial charge in [0.2, 0.25) is 5.03 Å². The van der Waals surface area contributed by atoms with E-state index in [2.05, 4.69) is 9.71 Å². The number of rotatable bonds is 4. The normalized spacial score (nSPS) is 11.9. The molecule has 0 saturated carbocycles. The Morgan fingerprint density at radius 1 is 1.38 bits per heavy atom. The Kier molecular flexibility index (Phi) is 3.34. The third-order valence-corrected chi connectivity index (χ3v) is 5.30. The Morgan fingerprint density at radius 2 is 2.14 bits per heavy atom. The van der Waals surface area contributed by atoms with Crippen molar-refractivity contribution < 1.29 is 8.42 Å². The maximum atomic E-state index is 12.6. The highest BCUT2D eigenvalue weighted by Gasteiger charge is 2.25. The molecule has 21 heavy (non-hydrogen) atoms. The van der Waals surface area contributed by atoms with Crippen molar-refractivity contribution in [3.8, 4) is 0 Å². The van der Waals surface area contributed by atoms with E-state index in [1.54, 1.807) is 23.7 Å². The summed E-state index contributed by atoms with van der Waals surface area (Å²) >= 11 is 1.33. The molecule has 0 amide bonds. The second-order valence-electron chi connectivity index (χ2n) is 4.47. The summed E-state index contributed by atoms with van der Waals surface area (Å²) in [6.45, 7) is 1.97. The Labute approximate surface area is 126 Å². The van der Waals surface area contributed by atoms with Gasteiger partial charge in [-0.3, -0.25) is 9.12 Å². The van der Waals surface area contributed by atoms with Crippen molar-refractivity contribution in [2.24, 2.45) is 0 Å². The lowest BCUT2D eigenvalue weighted by atomic mass is 10.1. The van der Waals surface area contributed by atoms with E-state index in [-0.39, 0.29) is 10.8 Å². The average Bonchev–Trinajstić information content (AvgIpc) is 2.98. The Hall–Kier alpha value is -2.06. The van der Waals surface area contributed by atoms with Crippen molar-refractivity contribution in [3.63, 3.8) is 0 Å². The number of imidazole rings is 1. The molecule has 2 heterocycles. The summed E-state index contributed by atoms with van der Waals surface area (Å²) in [4.78, 5) is 4.62. The first-order valence-electron chi connectivity index (χ1n) is 6.34. The minimum Gasteiger partial charge on any atom is -0.381 e. The van der Waals surface area contributed by atoms with Crippen LogP contribution in [0.25, 0.3) is 4.96 Å². The topological polar surface area (TPSA) is 89.5 Å². The quantitative estimate of drug-likeness (QED) is 0.771. The van der Waals surface area contributed by atoms with Crippen LogP contribution in [0.1, 0.15) is 12.5 Å². The van der Waals surface area contributed by atoms with E-state index < -0.39 is 10.0 Å². The van der Waals surface area contributed by atoms with Gasteiger partial charge in [-0.15, -0.1) is 11.3 Å². The van der Waals surface area contributed by atoms with Gasteiger partial charge in [-0.05, 0) is 18.1 Å². The maximum absolute atomic E-state index is 12.6. The van der Waals surface area contributed by atoms with Gasteiger partial charge < -0.3 is 5.73 Å². The van der Waals surface area contributed by atoms with Crippen molar-refractivity contribution in [1.82, 2.24) is 9.38 Å². The number of thiazole rings is 1. The fourth-order valence-electron chi connectivity index (χ4n) is 2.17. The monoisotopic (exact) mass is 322 g/mol. The number of sulfonamides is 1. The number of anilines is 2. The fourth-order valence-corrected chi connectivity index (χ4v) is 4.26. The van der Waals surface area contributed by atoms with Crippen molar-refractivity contribution in [1.29, 1.82) is 0 Å². The van der Waals surface area contributed by atoms with Crippen LogP contribution in [0.3, 0.4) is 0 Å². The highest BCUT2D eigenvalue weighted by Crippen LogP contribution is 2.26. The Bertz CT molecular complexity index is 896. The van der Waals surface area contributed by atoms with Crippen LogP contribution in [-0.4, -0.2) is 17.8 Å². The maximum Gasteiger partial charge on any atom is 0.281 e. The van der Waals surface area contributed by atoms with Gasteiger partial charge >= 0.3 is 0 Å². The highest BCUT2D eigenvalue weighted by molar-refractivity contribution is 7.92. The summed E-state index contributed by atoms with van der Waals surface area (Å²) in [7, 11) is -3.80. The standard InChI is InChI=1S/C13H14N4O2S2/c1-2-9-5-3-4-6-10(9)16-21(18,19)12-11(14)15-13-17(12)7-8-20-13/h3-8,16H,2,14H2,1H3. The van der Waals surface area contributed by atoms with E-state index >= 15 is 0 Å². The van der Waals surface area contributed by atoms with E-state index in [0.717, 1.165) is 12.0 Å². The van der Waals surface area contributed by atoms with E-state index in [9.17, 15) is 8.42 Å². The van der Waals surface area contributed by atoms with Crippen LogP contribution in [0.5, 0.6) is 0 Å². The number of benzene rings is 1. The summed E-state index contributed by atoms with van der Waals surface area (Å²) in [6.07, 6.45) is 2.37. The summed E-state index contributed by atoms with van der Waals surface area (Å²) in [5.41, 5.74) is 7.25. The van der Waals surface area contributed by atoms with Crippen molar-refractivity contribution in [2.45, 2.75) is 18.4 Å². The van der Waals surface area contributed by atoms with Gasteiger partial charge in [-0.1, -0.05) is 25.1 Å². The van der Waals surface area contributed by atoms with E-state index in [4.69, 9.17) is 5.73 Å². The molecule has 0 fully saturated rings. The number of nitrogens with two attached hydrogens (primary N) is 1. The fraction of sp³-hybridized carbons (Fsp3) is 0.154. The molecule has 0 aliphatic carbocycles. The molecule has 0 saturated heterocycles. The van der Waals surface area contributed by atoms with Gasteiger partial charge in [0.05, 0.1) is 5.69 Å². The first-order valence-corrected chi connectivity index (χ1v) is 8.71. The van der Waals surface area contributed by atoms with Crippen LogP contribution >= 0.6 is 11.3 Å². The predicted molar refractivity (Wildman–Crippen MR) is 84.1 cm³/mol. The number of nitrogen functional groups attached to an aromatic ring is 1. The molecule has 6 nitrogen and oxygen atoms in total. The van der Waals surface area contributed by atoms with Gasteiger partial charge in [0, 0.05) is 11.6 Å². The number of fused-ring (bicyclic) bond motifs is 1. The van der Waals surface area contributed by atoms with Gasteiger partial charge in [-0.25, -0.2) is 4.98 Å². The Balaban J connectivity index is 2.09. The molecule has 0 unspecified atom stereocenters. The summed E-state index contributed by atoms with van der Waals surface area (Å²) in [6, 6.07) is 7.29. The molecule has 110 valence electrons. The molecule has 3 aromatic rings. The Morgan fingerprint density at radius 3 is 2.90 bits per heavy atom. The molecule has 0 aliphatic heterocycles. The van der Waals surface area contributed by atoms with Crippen LogP contribution in [0.15, 0.2) is 40.9 Å². The van der Waals surface area contributed by atoms with Crippen LogP contribution in [0.2, 0.25) is 0 Å². The summed E-state index contributed by atoms with van der Waals surface area (Å²) in [5, 5.41) is 1.74. The van der Waals surface area contributed by atoms with Gasteiger partial charge in [0.15, 0.2) is 10.8 Å². The SMILES string of the molecule is CCc1ccccc1NS(=O)(=O)c1c(N)nc2sccn12. The molecule has 2 aromatic heterocycles. The second kappa shape index (κ2) is 5.05. The number of hydrogen-bond donors (Lipinski definition) is 2. The minimum absolute atomic E-state index is 0.00308. The second-order valence-corrected chi connectivity index (χ2v) is 6.94. The molecule has 0 radical (unpaired) electrons. The van der Waals surface area contributed by atoms with E-state index in [0.29, 0.717) is 10.6 Å². The number of nitrogens with zero attached hydrogens (tertiary/aromatic N) is 2. The van der Waals surface area contributed by atoms with Crippen molar-refractivity contribution in [2.75, 3.05) is 10.5 Å². The number of nitrogens with one attached hydrogen (secondary N) is 1. The first kappa shape index (κ1) is 13.9. The zero-order valence-electron chi connectivity index (χ0n) is 11.3. The number of aromatic nitrogens is 2. The average molecular weight is 322 g/mol. The molecule has 3 rings (SSSR count). The molecule has 0 atom stereocenters. The van der Waals surface area contributed by atoms with E-state index in [1.807, 2.05) is 19.1 Å². The zero-order valence-corrected chi connectivity index (χ0v) is 12.9. The molecule has 0 spiro atoms. The largest absolute Gasteiger partial charge is 0.381 e. The smallest absolute Gasteiger partial charge is 0.281 e. The third-order valence-electron chi connectivity index (χ3n) is 3.14. The van der Waals surface area contributed by atoms with Crippen molar-refractivity contribution >= 4 is 37.8 Å². The number of aryl methyl sites for hydroxylation is 1. The summed E-state index contributed by atoms with van der Waals surface area (Å²) < 4.78 is 29.3. The lowest BCUT2D eigenvalue weighted by Gasteiger charge is -2.11. The molecule has 3 N–H and O–H groups in total. The lowest BCUT2D eigenvalue weighted by Crippen LogP contribution is -2.17. The van der Waals surface area contributed by atoms with E-state index in [1.165, 1.54) is 15.7 Å². The van der Waals surface area contributed by atoms with Crippen LogP contribution in [0, 0.1) is 0 Å². The number of hydrogen-bond acceptors (Lipinski definition) is 5. The predicted octanol–water partition coefficient (Wildman–Crippen LogP) is 2.34. The third kappa shape index (κ3) is 2.36.